The molecule has 0 bridgehead atoms. The molecule has 3 rings (SSSR count). The summed E-state index contributed by atoms with van der Waals surface area (Å²) in [4.78, 5) is 29.7. The lowest BCUT2D eigenvalue weighted by molar-refractivity contribution is -0.140. The molecule has 0 fully saturated rings. The summed E-state index contributed by atoms with van der Waals surface area (Å²) in [6, 6.07) is 17.0. The van der Waals surface area contributed by atoms with Crippen molar-refractivity contribution in [2.24, 2.45) is 0 Å². The third kappa shape index (κ3) is 8.81. The number of ether oxygens (including phenoxy) is 1. The number of sulfonamides is 1. The molecule has 1 N–H and O–H groups in total. The number of rotatable bonds is 15. The monoisotopic (exact) mass is 665 g/mol. The number of hydrogen-bond acceptors (Lipinski definition) is 6. The van der Waals surface area contributed by atoms with Crippen LogP contribution in [0.15, 0.2) is 76.5 Å². The fraction of sp³-hybridized carbons (Fsp3) is 0.355. The van der Waals surface area contributed by atoms with Crippen LogP contribution in [0.1, 0.15) is 39.2 Å². The molecule has 0 spiro atoms. The Morgan fingerprint density at radius 2 is 1.58 bits per heavy atom. The summed E-state index contributed by atoms with van der Waals surface area (Å²) in [5.74, 6) is -0.371. The van der Waals surface area contributed by atoms with Crippen molar-refractivity contribution in [3.05, 3.63) is 82.3 Å². The van der Waals surface area contributed by atoms with Gasteiger partial charge in [0.05, 0.1) is 17.2 Å². The zero-order chi connectivity index (χ0) is 31.6. The van der Waals surface area contributed by atoms with E-state index in [2.05, 4.69) is 5.32 Å². The first-order chi connectivity index (χ1) is 20.6. The van der Waals surface area contributed by atoms with Gasteiger partial charge in [0.1, 0.15) is 18.3 Å². The predicted molar refractivity (Wildman–Crippen MR) is 175 cm³/mol. The second kappa shape index (κ2) is 16.2. The molecule has 0 aromatic heterocycles. The standard InChI is InChI=1S/C31H37Cl2N3O5S2/c1-5-19-34-31(38)29(6-2)35(20-26-27(32)9-8-10-28(26)33)30(37)21-36(22-11-13-23(14-12-22)41-7-3)43(39,40)25-17-15-24(42-4)16-18-25/h8-18,29H,5-7,19-21H2,1-4H3,(H,34,38)/t29-/m0/s1. The molecule has 1 atom stereocenters. The summed E-state index contributed by atoms with van der Waals surface area (Å²) in [6.07, 6.45) is 2.90. The number of benzene rings is 3. The van der Waals surface area contributed by atoms with Crippen LogP contribution in [0.25, 0.3) is 0 Å². The number of nitrogens with one attached hydrogen (secondary N) is 1. The Morgan fingerprint density at radius 1 is 0.953 bits per heavy atom. The maximum atomic E-state index is 14.2. The SMILES string of the molecule is CCCNC(=O)[C@H](CC)N(Cc1c(Cl)cccc1Cl)C(=O)CN(c1ccc(OCC)cc1)S(=O)(=O)c1ccc(SC)cc1. The number of hydrogen-bond donors (Lipinski definition) is 1. The van der Waals surface area contributed by atoms with Gasteiger partial charge >= 0.3 is 0 Å². The first-order valence-electron chi connectivity index (χ1n) is 14.0. The Kier molecular flexibility index (Phi) is 13.1. The van der Waals surface area contributed by atoms with Gasteiger partial charge in [0.2, 0.25) is 11.8 Å². The van der Waals surface area contributed by atoms with Gasteiger partial charge in [-0.1, -0.05) is 43.1 Å². The molecule has 43 heavy (non-hydrogen) atoms. The lowest BCUT2D eigenvalue weighted by atomic mass is 10.1. The van der Waals surface area contributed by atoms with Crippen LogP contribution in [-0.2, 0) is 26.2 Å². The summed E-state index contributed by atoms with van der Waals surface area (Å²) in [5, 5.41) is 3.52. The summed E-state index contributed by atoms with van der Waals surface area (Å²) in [6.45, 7) is 5.79. The molecule has 0 radical (unpaired) electrons. The van der Waals surface area contributed by atoms with Crippen LogP contribution < -0.4 is 14.4 Å². The van der Waals surface area contributed by atoms with Crippen LogP contribution in [-0.4, -0.2) is 57.1 Å². The quantitative estimate of drug-likeness (QED) is 0.183. The van der Waals surface area contributed by atoms with E-state index < -0.39 is 28.5 Å². The molecule has 0 aliphatic carbocycles. The molecule has 12 heteroatoms. The van der Waals surface area contributed by atoms with Crippen molar-refractivity contribution in [1.29, 1.82) is 0 Å². The molecule has 0 saturated heterocycles. The first kappa shape index (κ1) is 34.6. The Bertz CT molecular complexity index is 1470. The molecule has 0 unspecified atom stereocenters. The van der Waals surface area contributed by atoms with Crippen LogP contribution in [0.5, 0.6) is 5.75 Å². The minimum Gasteiger partial charge on any atom is -0.494 e. The normalized spacial score (nSPS) is 12.0. The maximum Gasteiger partial charge on any atom is 0.264 e. The second-order valence-corrected chi connectivity index (χ2v) is 13.1. The highest BCUT2D eigenvalue weighted by atomic mass is 35.5. The maximum absolute atomic E-state index is 14.2. The summed E-state index contributed by atoms with van der Waals surface area (Å²) < 4.78 is 34.7. The van der Waals surface area contributed by atoms with Crippen molar-refractivity contribution in [3.8, 4) is 5.75 Å². The Morgan fingerprint density at radius 3 is 2.12 bits per heavy atom. The molecule has 2 amide bonds. The summed E-state index contributed by atoms with van der Waals surface area (Å²) in [7, 11) is -4.21. The zero-order valence-electron chi connectivity index (χ0n) is 24.7. The van der Waals surface area contributed by atoms with Crippen LogP contribution in [0.3, 0.4) is 0 Å². The lowest BCUT2D eigenvalue weighted by Crippen LogP contribution is -2.52. The number of amides is 2. The van der Waals surface area contributed by atoms with E-state index in [0.717, 1.165) is 9.20 Å². The van der Waals surface area contributed by atoms with Gasteiger partial charge in [-0.15, -0.1) is 11.8 Å². The zero-order valence-corrected chi connectivity index (χ0v) is 27.8. The van der Waals surface area contributed by atoms with E-state index in [0.29, 0.717) is 40.9 Å². The number of halogens is 2. The van der Waals surface area contributed by atoms with Crippen LogP contribution in [0.4, 0.5) is 5.69 Å². The van der Waals surface area contributed by atoms with Crippen LogP contribution in [0.2, 0.25) is 10.0 Å². The fourth-order valence-corrected chi connectivity index (χ4v) is 6.76. The largest absolute Gasteiger partial charge is 0.494 e. The van der Waals surface area contributed by atoms with Crippen LogP contribution in [0, 0.1) is 0 Å². The topological polar surface area (TPSA) is 96.0 Å². The molecule has 0 aliphatic heterocycles. The molecule has 232 valence electrons. The van der Waals surface area contributed by atoms with E-state index >= 15 is 0 Å². The Hall–Kier alpha value is -2.92. The third-order valence-electron chi connectivity index (χ3n) is 6.69. The van der Waals surface area contributed by atoms with Gasteiger partial charge in [-0.05, 0) is 86.7 Å². The Labute approximate surface area is 268 Å². The van der Waals surface area contributed by atoms with Crippen molar-refractivity contribution in [2.45, 2.75) is 56.0 Å². The van der Waals surface area contributed by atoms with Gasteiger partial charge in [0.25, 0.3) is 10.0 Å². The van der Waals surface area contributed by atoms with Gasteiger partial charge in [0, 0.05) is 33.6 Å². The minimum absolute atomic E-state index is 0.0282. The van der Waals surface area contributed by atoms with E-state index in [1.165, 1.54) is 28.8 Å². The van der Waals surface area contributed by atoms with Crippen molar-refractivity contribution in [2.75, 3.05) is 30.3 Å². The van der Waals surface area contributed by atoms with Gasteiger partial charge in [-0.3, -0.25) is 13.9 Å². The van der Waals surface area contributed by atoms with E-state index in [1.54, 1.807) is 61.5 Å². The number of thioether (sulfide) groups is 1. The highest BCUT2D eigenvalue weighted by molar-refractivity contribution is 7.98. The van der Waals surface area contributed by atoms with Crippen LogP contribution >= 0.6 is 35.0 Å². The number of anilines is 1. The van der Waals surface area contributed by atoms with Crippen molar-refractivity contribution in [1.82, 2.24) is 10.2 Å². The van der Waals surface area contributed by atoms with Crippen molar-refractivity contribution < 1.29 is 22.7 Å². The smallest absolute Gasteiger partial charge is 0.264 e. The minimum atomic E-state index is -4.21. The van der Waals surface area contributed by atoms with Gasteiger partial charge in [-0.25, -0.2) is 8.42 Å². The average Bonchev–Trinajstić information content (AvgIpc) is 3.00. The molecule has 3 aromatic rings. The van der Waals surface area contributed by atoms with Gasteiger partial charge < -0.3 is 15.0 Å². The van der Waals surface area contributed by atoms with E-state index in [9.17, 15) is 18.0 Å². The van der Waals surface area contributed by atoms with Crippen molar-refractivity contribution >= 4 is 62.5 Å². The first-order valence-corrected chi connectivity index (χ1v) is 17.4. The van der Waals surface area contributed by atoms with Crippen molar-refractivity contribution in [3.63, 3.8) is 0 Å². The average molecular weight is 667 g/mol. The molecule has 0 heterocycles. The third-order valence-corrected chi connectivity index (χ3v) is 9.93. The molecule has 0 saturated carbocycles. The van der Waals surface area contributed by atoms with Gasteiger partial charge in [-0.2, -0.15) is 0 Å². The van der Waals surface area contributed by atoms with E-state index in [-0.39, 0.29) is 29.5 Å². The number of carbonyl (C=O) groups is 2. The highest BCUT2D eigenvalue weighted by Crippen LogP contribution is 2.30. The second-order valence-electron chi connectivity index (χ2n) is 9.55. The summed E-state index contributed by atoms with van der Waals surface area (Å²) >= 11 is 14.4. The summed E-state index contributed by atoms with van der Waals surface area (Å²) in [5.41, 5.74) is 0.731. The van der Waals surface area contributed by atoms with E-state index in [4.69, 9.17) is 27.9 Å². The van der Waals surface area contributed by atoms with Gasteiger partial charge in [0.15, 0.2) is 0 Å². The number of carbonyl (C=O) groups excluding carboxylic acids is 2. The Balaban J connectivity index is 2.09. The molecule has 3 aromatic carbocycles. The molecular formula is C31H37Cl2N3O5S2. The predicted octanol–water partition coefficient (Wildman–Crippen LogP) is 6.64. The number of nitrogens with zero attached hydrogens (tertiary/aromatic N) is 2. The molecule has 0 aliphatic rings. The fourth-order valence-electron chi connectivity index (χ4n) is 4.42. The lowest BCUT2D eigenvalue weighted by Gasteiger charge is -2.33. The van der Waals surface area contributed by atoms with E-state index in [1.807, 2.05) is 20.1 Å². The molecular weight excluding hydrogens is 629 g/mol. The molecule has 8 nitrogen and oxygen atoms in total. The highest BCUT2D eigenvalue weighted by Gasteiger charge is 2.34.